The number of hydrogen-bond acceptors (Lipinski definition) is 3. The minimum atomic E-state index is -0.566. The SMILES string of the molecule is Cc1ccc(CCC(=O)N[C@H](C)C[C@@H](O)c2ccccc2)o1. The highest BCUT2D eigenvalue weighted by atomic mass is 16.3. The summed E-state index contributed by atoms with van der Waals surface area (Å²) in [6, 6.07) is 13.2. The first kappa shape index (κ1) is 16.3. The molecule has 0 aliphatic heterocycles. The Balaban J connectivity index is 1.74. The molecule has 0 radical (unpaired) electrons. The highest BCUT2D eigenvalue weighted by Gasteiger charge is 2.14. The van der Waals surface area contributed by atoms with Gasteiger partial charge in [-0.05, 0) is 38.0 Å². The van der Waals surface area contributed by atoms with Crippen LogP contribution in [0.3, 0.4) is 0 Å². The molecule has 2 aromatic rings. The molecule has 2 atom stereocenters. The van der Waals surface area contributed by atoms with E-state index in [0.29, 0.717) is 19.3 Å². The van der Waals surface area contributed by atoms with Crippen LogP contribution < -0.4 is 5.32 Å². The Hall–Kier alpha value is -2.07. The number of furan rings is 1. The quantitative estimate of drug-likeness (QED) is 0.826. The average molecular weight is 301 g/mol. The van der Waals surface area contributed by atoms with Crippen molar-refractivity contribution in [3.05, 3.63) is 59.5 Å². The molecule has 2 rings (SSSR count). The fraction of sp³-hybridized carbons (Fsp3) is 0.389. The lowest BCUT2D eigenvalue weighted by Gasteiger charge is -2.18. The van der Waals surface area contributed by atoms with Crippen molar-refractivity contribution in [1.29, 1.82) is 0 Å². The number of carbonyl (C=O) groups is 1. The monoisotopic (exact) mass is 301 g/mol. The molecular weight excluding hydrogens is 278 g/mol. The van der Waals surface area contributed by atoms with Gasteiger partial charge in [-0.2, -0.15) is 0 Å². The Morgan fingerprint density at radius 3 is 2.59 bits per heavy atom. The van der Waals surface area contributed by atoms with Crippen LogP contribution >= 0.6 is 0 Å². The summed E-state index contributed by atoms with van der Waals surface area (Å²) in [5, 5.41) is 13.1. The molecule has 0 fully saturated rings. The maximum absolute atomic E-state index is 11.9. The summed E-state index contributed by atoms with van der Waals surface area (Å²) in [5.74, 6) is 1.65. The Kier molecular flexibility index (Phi) is 5.78. The van der Waals surface area contributed by atoms with Gasteiger partial charge in [-0.3, -0.25) is 4.79 Å². The second kappa shape index (κ2) is 7.80. The molecule has 0 aliphatic rings. The first-order valence-electron chi connectivity index (χ1n) is 7.62. The number of aryl methyl sites for hydroxylation is 2. The van der Waals surface area contributed by atoms with Crippen LogP contribution in [0.2, 0.25) is 0 Å². The molecule has 1 amide bonds. The average Bonchev–Trinajstić information content (AvgIpc) is 2.91. The molecule has 4 heteroatoms. The number of hydrogen-bond donors (Lipinski definition) is 2. The molecule has 0 spiro atoms. The molecule has 0 unspecified atom stereocenters. The highest BCUT2D eigenvalue weighted by molar-refractivity contribution is 5.76. The zero-order valence-corrected chi connectivity index (χ0v) is 13.1. The minimum Gasteiger partial charge on any atom is -0.466 e. The number of nitrogens with one attached hydrogen (secondary N) is 1. The predicted molar refractivity (Wildman–Crippen MR) is 85.4 cm³/mol. The zero-order chi connectivity index (χ0) is 15.9. The predicted octanol–water partition coefficient (Wildman–Crippen LogP) is 3.15. The molecule has 0 saturated heterocycles. The van der Waals surface area contributed by atoms with E-state index in [1.54, 1.807) is 0 Å². The number of aliphatic hydroxyl groups excluding tert-OH is 1. The third kappa shape index (κ3) is 5.04. The van der Waals surface area contributed by atoms with Gasteiger partial charge in [-0.1, -0.05) is 30.3 Å². The van der Waals surface area contributed by atoms with Gasteiger partial charge in [-0.25, -0.2) is 0 Å². The van der Waals surface area contributed by atoms with Gasteiger partial charge < -0.3 is 14.8 Å². The number of amides is 1. The van der Waals surface area contributed by atoms with Crippen molar-refractivity contribution in [3.8, 4) is 0 Å². The smallest absolute Gasteiger partial charge is 0.220 e. The normalized spacial score (nSPS) is 13.6. The van der Waals surface area contributed by atoms with Crippen molar-refractivity contribution in [1.82, 2.24) is 5.32 Å². The van der Waals surface area contributed by atoms with Gasteiger partial charge in [0.2, 0.25) is 5.91 Å². The summed E-state index contributed by atoms with van der Waals surface area (Å²) in [6.07, 6.45) is 0.909. The second-order valence-corrected chi connectivity index (χ2v) is 5.64. The zero-order valence-electron chi connectivity index (χ0n) is 13.1. The van der Waals surface area contributed by atoms with E-state index in [9.17, 15) is 9.90 Å². The van der Waals surface area contributed by atoms with E-state index in [1.807, 2.05) is 56.3 Å². The molecule has 0 bridgehead atoms. The summed E-state index contributed by atoms with van der Waals surface area (Å²) in [4.78, 5) is 11.9. The standard InChI is InChI=1S/C18H23NO3/c1-13(12-17(20)15-6-4-3-5-7-15)19-18(21)11-10-16-9-8-14(2)22-16/h3-9,13,17,20H,10-12H2,1-2H3,(H,19,21)/t13-,17-/m1/s1. The fourth-order valence-electron chi connectivity index (χ4n) is 2.41. The van der Waals surface area contributed by atoms with Crippen LogP contribution in [0.15, 0.2) is 46.9 Å². The largest absolute Gasteiger partial charge is 0.466 e. The molecule has 0 aliphatic carbocycles. The summed E-state index contributed by atoms with van der Waals surface area (Å²) in [6.45, 7) is 3.79. The highest BCUT2D eigenvalue weighted by Crippen LogP contribution is 2.17. The third-order valence-electron chi connectivity index (χ3n) is 3.56. The maximum atomic E-state index is 11.9. The van der Waals surface area contributed by atoms with Gasteiger partial charge in [0.25, 0.3) is 0 Å². The van der Waals surface area contributed by atoms with E-state index in [-0.39, 0.29) is 11.9 Å². The first-order valence-corrected chi connectivity index (χ1v) is 7.62. The van der Waals surface area contributed by atoms with Crippen molar-refractivity contribution in [3.63, 3.8) is 0 Å². The Morgan fingerprint density at radius 1 is 1.23 bits per heavy atom. The van der Waals surface area contributed by atoms with Crippen LogP contribution in [0.4, 0.5) is 0 Å². The van der Waals surface area contributed by atoms with E-state index in [1.165, 1.54) is 0 Å². The summed E-state index contributed by atoms with van der Waals surface area (Å²) < 4.78 is 5.44. The topological polar surface area (TPSA) is 62.5 Å². The van der Waals surface area contributed by atoms with Crippen molar-refractivity contribution in [2.45, 2.75) is 45.3 Å². The van der Waals surface area contributed by atoms with Gasteiger partial charge in [0.05, 0.1) is 6.10 Å². The number of rotatable bonds is 7. The van der Waals surface area contributed by atoms with Crippen molar-refractivity contribution < 1.29 is 14.3 Å². The Labute approximate surface area is 131 Å². The van der Waals surface area contributed by atoms with E-state index in [0.717, 1.165) is 17.1 Å². The van der Waals surface area contributed by atoms with Crippen molar-refractivity contribution in [2.24, 2.45) is 0 Å². The summed E-state index contributed by atoms with van der Waals surface area (Å²) in [7, 11) is 0. The van der Waals surface area contributed by atoms with Gasteiger partial charge in [0.1, 0.15) is 11.5 Å². The lowest BCUT2D eigenvalue weighted by molar-refractivity contribution is -0.121. The second-order valence-electron chi connectivity index (χ2n) is 5.64. The Bertz CT molecular complexity index is 591. The van der Waals surface area contributed by atoms with Crippen molar-refractivity contribution in [2.75, 3.05) is 0 Å². The van der Waals surface area contributed by atoms with Gasteiger partial charge in [-0.15, -0.1) is 0 Å². The molecule has 2 N–H and O–H groups in total. The minimum absolute atomic E-state index is 0.0261. The van der Waals surface area contributed by atoms with Crippen LogP contribution in [0, 0.1) is 6.92 Å². The third-order valence-corrected chi connectivity index (χ3v) is 3.56. The van der Waals surface area contributed by atoms with E-state index in [4.69, 9.17) is 4.42 Å². The fourth-order valence-corrected chi connectivity index (χ4v) is 2.41. The molecule has 1 aromatic carbocycles. The lowest BCUT2D eigenvalue weighted by atomic mass is 10.0. The van der Waals surface area contributed by atoms with E-state index in [2.05, 4.69) is 5.32 Å². The molecular formula is C18H23NO3. The molecule has 22 heavy (non-hydrogen) atoms. The van der Waals surface area contributed by atoms with Crippen LogP contribution in [-0.2, 0) is 11.2 Å². The van der Waals surface area contributed by atoms with E-state index >= 15 is 0 Å². The van der Waals surface area contributed by atoms with Crippen LogP contribution in [-0.4, -0.2) is 17.1 Å². The van der Waals surface area contributed by atoms with Gasteiger partial charge in [0.15, 0.2) is 0 Å². The van der Waals surface area contributed by atoms with E-state index < -0.39 is 6.10 Å². The molecule has 1 aromatic heterocycles. The number of benzene rings is 1. The van der Waals surface area contributed by atoms with Crippen LogP contribution in [0.5, 0.6) is 0 Å². The summed E-state index contributed by atoms with van der Waals surface area (Å²) in [5.41, 5.74) is 0.870. The first-order chi connectivity index (χ1) is 10.5. The molecule has 4 nitrogen and oxygen atoms in total. The summed E-state index contributed by atoms with van der Waals surface area (Å²) >= 11 is 0. The van der Waals surface area contributed by atoms with Gasteiger partial charge >= 0.3 is 0 Å². The number of carbonyl (C=O) groups excluding carboxylic acids is 1. The van der Waals surface area contributed by atoms with Crippen molar-refractivity contribution >= 4 is 5.91 Å². The molecule has 1 heterocycles. The van der Waals surface area contributed by atoms with Crippen LogP contribution in [0.25, 0.3) is 0 Å². The van der Waals surface area contributed by atoms with Crippen LogP contribution in [0.1, 0.15) is 43.0 Å². The molecule has 118 valence electrons. The lowest BCUT2D eigenvalue weighted by Crippen LogP contribution is -2.33. The maximum Gasteiger partial charge on any atom is 0.220 e. The van der Waals surface area contributed by atoms with Gasteiger partial charge in [0, 0.05) is 18.9 Å². The number of aliphatic hydroxyl groups is 1. The Morgan fingerprint density at radius 2 is 1.95 bits per heavy atom. The molecule has 0 saturated carbocycles.